The minimum absolute atomic E-state index is 0.147. The Morgan fingerprint density at radius 3 is 3.06 bits per heavy atom. The number of ether oxygens (including phenoxy) is 1. The Bertz CT molecular complexity index is 283. The third kappa shape index (κ3) is 2.94. The highest BCUT2D eigenvalue weighted by atomic mass is 31.1. The molecule has 1 saturated heterocycles. The van der Waals surface area contributed by atoms with Gasteiger partial charge < -0.3 is 9.76 Å². The molecule has 96 valence electrons. The molecule has 0 bridgehead atoms. The van der Waals surface area contributed by atoms with Gasteiger partial charge in [-0.1, -0.05) is 25.5 Å². The van der Waals surface area contributed by atoms with Crippen molar-refractivity contribution in [2.45, 2.75) is 63.5 Å². The highest BCUT2D eigenvalue weighted by Gasteiger charge is 2.45. The van der Waals surface area contributed by atoms with Crippen LogP contribution in [0.3, 0.4) is 0 Å². The molecule has 0 amide bonds. The molecule has 0 aromatic heterocycles. The van der Waals surface area contributed by atoms with Gasteiger partial charge in [-0.2, -0.15) is 0 Å². The van der Waals surface area contributed by atoms with Gasteiger partial charge in [-0.25, -0.2) is 0 Å². The van der Waals surface area contributed by atoms with E-state index in [0.29, 0.717) is 19.9 Å². The Labute approximate surface area is 107 Å². The first-order valence-electron chi connectivity index (χ1n) is 7.03. The third-order valence-electron chi connectivity index (χ3n) is 3.92. The van der Waals surface area contributed by atoms with E-state index in [0.717, 1.165) is 19.4 Å². The van der Waals surface area contributed by atoms with Crippen LogP contribution in [-0.2, 0) is 4.74 Å². The van der Waals surface area contributed by atoms with Crippen LogP contribution >= 0.6 is 8.46 Å². The van der Waals surface area contributed by atoms with Crippen molar-refractivity contribution in [2.24, 2.45) is 0 Å². The van der Waals surface area contributed by atoms with Gasteiger partial charge in [0, 0.05) is 12.4 Å². The van der Waals surface area contributed by atoms with E-state index in [1.165, 1.54) is 24.8 Å². The fourth-order valence-electron chi connectivity index (χ4n) is 3.09. The fraction of sp³-hybridized carbons (Fsp3) is 0.846. The highest BCUT2D eigenvalue weighted by molar-refractivity contribution is 7.76. The van der Waals surface area contributed by atoms with Crippen LogP contribution in [0, 0.1) is 0 Å². The normalized spacial score (nSPS) is 34.6. The molecule has 4 heteroatoms. The predicted octanol–water partition coefficient (Wildman–Crippen LogP) is 3.21. The molecular weight excluding hydrogens is 230 g/mol. The average Bonchev–Trinajstić information content (AvgIpc) is 2.52. The molecule has 0 aromatic carbocycles. The van der Waals surface area contributed by atoms with E-state index in [2.05, 4.69) is 19.9 Å². The molecule has 1 heterocycles. The Hall–Kier alpha value is 0.155. The van der Waals surface area contributed by atoms with E-state index < -0.39 is 0 Å². The lowest BCUT2D eigenvalue weighted by Crippen LogP contribution is -2.27. The van der Waals surface area contributed by atoms with Crippen LogP contribution in [0.4, 0.5) is 0 Å². The lowest BCUT2D eigenvalue weighted by molar-refractivity contribution is 0.0467. The Morgan fingerprint density at radius 1 is 1.53 bits per heavy atom. The van der Waals surface area contributed by atoms with Crippen LogP contribution in [0.15, 0.2) is 11.6 Å². The smallest absolute Gasteiger partial charge is 0.325 e. The Balaban J connectivity index is 2.12. The van der Waals surface area contributed by atoms with Crippen molar-refractivity contribution < 1.29 is 9.76 Å². The van der Waals surface area contributed by atoms with Crippen molar-refractivity contribution in [2.75, 3.05) is 6.61 Å². The maximum atomic E-state index is 10.3. The summed E-state index contributed by atoms with van der Waals surface area (Å²) >= 11 is 0. The molecule has 1 N–H and O–H groups in total. The zero-order valence-electron chi connectivity index (χ0n) is 11.0. The SMILES string of the molecule is CCCOC1CCCC=C2C(CC)PB(O)C21. The molecule has 1 aliphatic carbocycles. The molecule has 1 aliphatic heterocycles. The van der Waals surface area contributed by atoms with E-state index >= 15 is 0 Å². The molecule has 1 fully saturated rings. The summed E-state index contributed by atoms with van der Waals surface area (Å²) in [6.45, 7) is 5.07. The van der Waals surface area contributed by atoms with Gasteiger partial charge >= 0.3 is 6.64 Å². The lowest BCUT2D eigenvalue weighted by Gasteiger charge is -2.25. The van der Waals surface area contributed by atoms with Crippen molar-refractivity contribution in [1.29, 1.82) is 0 Å². The average molecular weight is 254 g/mol. The number of hydrogen-bond donors (Lipinski definition) is 1. The van der Waals surface area contributed by atoms with Crippen LogP contribution in [-0.4, -0.2) is 30.0 Å². The van der Waals surface area contributed by atoms with Crippen LogP contribution in [0.5, 0.6) is 0 Å². The lowest BCUT2D eigenvalue weighted by atomic mass is 9.69. The van der Waals surface area contributed by atoms with Gasteiger partial charge in [-0.05, 0) is 37.8 Å². The van der Waals surface area contributed by atoms with Gasteiger partial charge in [-0.15, -0.1) is 8.46 Å². The summed E-state index contributed by atoms with van der Waals surface area (Å²) in [4.78, 5) is 0. The van der Waals surface area contributed by atoms with E-state index in [4.69, 9.17) is 4.74 Å². The van der Waals surface area contributed by atoms with Crippen molar-refractivity contribution in [1.82, 2.24) is 0 Å². The second kappa shape index (κ2) is 6.36. The Morgan fingerprint density at radius 2 is 2.35 bits per heavy atom. The molecule has 4 atom stereocenters. The first kappa shape index (κ1) is 13.6. The maximum absolute atomic E-state index is 10.3. The first-order chi connectivity index (χ1) is 8.27. The van der Waals surface area contributed by atoms with Gasteiger partial charge in [0.05, 0.1) is 6.10 Å². The van der Waals surface area contributed by atoms with Crippen molar-refractivity contribution in [3.05, 3.63) is 11.6 Å². The monoisotopic (exact) mass is 254 g/mol. The predicted molar refractivity (Wildman–Crippen MR) is 76.1 cm³/mol. The van der Waals surface area contributed by atoms with Crippen LogP contribution in [0.2, 0.25) is 5.82 Å². The second-order valence-corrected chi connectivity index (χ2v) is 6.76. The van der Waals surface area contributed by atoms with Gasteiger partial charge in [0.25, 0.3) is 0 Å². The van der Waals surface area contributed by atoms with Gasteiger partial charge in [0.15, 0.2) is 0 Å². The van der Waals surface area contributed by atoms with Crippen molar-refractivity contribution >= 4 is 15.1 Å². The maximum Gasteiger partial charge on any atom is 0.325 e. The number of hydrogen-bond acceptors (Lipinski definition) is 2. The summed E-state index contributed by atoms with van der Waals surface area (Å²) in [6.07, 6.45) is 8.39. The standard InChI is InChI=1S/C13H24BO2P/c1-3-9-16-11-8-6-5-7-10-12(4-2)17-14(15)13(10)11/h7,11-13,15,17H,3-6,8-9H2,1-2H3. The number of allylic oxidation sites excluding steroid dienone is 1. The topological polar surface area (TPSA) is 29.5 Å². The minimum atomic E-state index is -0.147. The van der Waals surface area contributed by atoms with Crippen LogP contribution < -0.4 is 0 Å². The summed E-state index contributed by atoms with van der Waals surface area (Å²) in [7, 11) is 0.683. The second-order valence-electron chi connectivity index (χ2n) is 5.14. The van der Waals surface area contributed by atoms with Gasteiger partial charge in [0.2, 0.25) is 0 Å². The zero-order chi connectivity index (χ0) is 12.3. The number of fused-ring (bicyclic) bond motifs is 1. The zero-order valence-corrected chi connectivity index (χ0v) is 12.0. The van der Waals surface area contributed by atoms with E-state index in [1.54, 1.807) is 0 Å². The van der Waals surface area contributed by atoms with Gasteiger partial charge in [0.1, 0.15) is 0 Å². The molecule has 0 radical (unpaired) electrons. The number of rotatable bonds is 4. The summed E-state index contributed by atoms with van der Waals surface area (Å²) in [5.41, 5.74) is 2.14. The van der Waals surface area contributed by atoms with E-state index in [9.17, 15) is 5.02 Å². The molecule has 4 unspecified atom stereocenters. The molecule has 2 aliphatic rings. The molecule has 2 nitrogen and oxygen atoms in total. The molecular formula is C13H24BO2P. The van der Waals surface area contributed by atoms with E-state index in [1.807, 2.05) is 0 Å². The summed E-state index contributed by atoms with van der Waals surface area (Å²) in [6, 6.07) is 0. The minimum Gasteiger partial charge on any atom is -0.446 e. The van der Waals surface area contributed by atoms with Crippen LogP contribution in [0.1, 0.15) is 46.0 Å². The molecule has 0 spiro atoms. The third-order valence-corrected chi connectivity index (χ3v) is 5.76. The van der Waals surface area contributed by atoms with Crippen LogP contribution in [0.25, 0.3) is 0 Å². The fourth-order valence-corrected chi connectivity index (χ4v) is 4.86. The highest BCUT2D eigenvalue weighted by Crippen LogP contribution is 2.52. The quantitative estimate of drug-likeness (QED) is 0.474. The van der Waals surface area contributed by atoms with Gasteiger partial charge in [-0.3, -0.25) is 0 Å². The molecule has 2 rings (SSSR count). The van der Waals surface area contributed by atoms with Crippen molar-refractivity contribution in [3.63, 3.8) is 0 Å². The largest absolute Gasteiger partial charge is 0.446 e. The summed E-state index contributed by atoms with van der Waals surface area (Å²) < 4.78 is 5.99. The van der Waals surface area contributed by atoms with Crippen molar-refractivity contribution in [3.8, 4) is 0 Å². The summed E-state index contributed by atoms with van der Waals surface area (Å²) in [5.74, 6) is 0.298. The first-order valence-corrected chi connectivity index (χ1v) is 8.19. The summed E-state index contributed by atoms with van der Waals surface area (Å²) in [5, 5.41) is 10.3. The molecule has 17 heavy (non-hydrogen) atoms. The molecule has 0 aromatic rings. The Kier molecular flexibility index (Phi) is 5.08. The van der Waals surface area contributed by atoms with E-state index in [-0.39, 0.29) is 12.7 Å². The molecule has 0 saturated carbocycles.